The number of hydrogen-bond acceptors (Lipinski definition) is 8. The van der Waals surface area contributed by atoms with Crippen LogP contribution in [0.2, 0.25) is 0 Å². The van der Waals surface area contributed by atoms with Crippen LogP contribution in [0.15, 0.2) is 53.4 Å². The number of rotatable bonds is 11. The molecule has 1 aromatic heterocycles. The Balaban J connectivity index is 1.99. The van der Waals surface area contributed by atoms with Crippen LogP contribution in [-0.2, 0) is 9.53 Å². The molecule has 1 amide bonds. The summed E-state index contributed by atoms with van der Waals surface area (Å²) in [5, 5.41) is 14.4. The topological polar surface area (TPSA) is 107 Å². The molecule has 0 unspecified atom stereocenters. The summed E-state index contributed by atoms with van der Waals surface area (Å²) >= 11 is 1.16. The molecular formula is C28H28N2O6S. The van der Waals surface area contributed by atoms with Crippen molar-refractivity contribution < 1.29 is 28.5 Å². The van der Waals surface area contributed by atoms with Crippen LogP contribution < -0.4 is 19.5 Å². The average Bonchev–Trinajstić information content (AvgIpc) is 3.34. The molecule has 0 bridgehead atoms. The fourth-order valence-electron chi connectivity index (χ4n) is 3.49. The number of nitriles is 1. The molecular weight excluding hydrogens is 492 g/mol. The third-order valence-corrected chi connectivity index (χ3v) is 6.13. The van der Waals surface area contributed by atoms with Gasteiger partial charge in [0.25, 0.3) is 5.91 Å². The lowest BCUT2D eigenvalue weighted by Crippen LogP contribution is -2.16. The lowest BCUT2D eigenvalue weighted by Gasteiger charge is -2.11. The number of benzene rings is 2. The van der Waals surface area contributed by atoms with Gasteiger partial charge in [-0.25, -0.2) is 4.79 Å². The first-order chi connectivity index (χ1) is 18.0. The zero-order valence-electron chi connectivity index (χ0n) is 21.1. The highest BCUT2D eigenvalue weighted by Gasteiger charge is 2.24. The van der Waals surface area contributed by atoms with Crippen LogP contribution in [0.1, 0.15) is 36.2 Å². The van der Waals surface area contributed by atoms with E-state index in [1.54, 1.807) is 48.7 Å². The van der Waals surface area contributed by atoms with Crippen molar-refractivity contribution in [2.75, 3.05) is 32.8 Å². The highest BCUT2D eigenvalue weighted by Crippen LogP contribution is 2.40. The number of amides is 1. The van der Waals surface area contributed by atoms with Gasteiger partial charge in [0.05, 0.1) is 27.4 Å². The van der Waals surface area contributed by atoms with E-state index in [9.17, 15) is 14.9 Å². The van der Waals surface area contributed by atoms with Crippen molar-refractivity contribution in [3.05, 3.63) is 64.5 Å². The number of esters is 1. The molecule has 3 aromatic rings. The van der Waals surface area contributed by atoms with E-state index in [-0.39, 0.29) is 22.7 Å². The standard InChI is InChI=1S/C28H28N2O6S/c1-5-13-36-22-10-8-7-9-19(22)14-20(16-29)26(31)30-27-25(28(32)35-6-2)21(17-37-27)18-11-12-23(33-3)24(15-18)34-4/h7-12,14-15,17H,5-6,13H2,1-4H3,(H,30,31)/b20-14+. The Morgan fingerprint density at radius 2 is 1.81 bits per heavy atom. The van der Waals surface area contributed by atoms with Crippen LogP contribution in [0, 0.1) is 11.3 Å². The average molecular weight is 521 g/mol. The molecule has 0 saturated carbocycles. The number of para-hydroxylation sites is 1. The lowest BCUT2D eigenvalue weighted by atomic mass is 10.0. The van der Waals surface area contributed by atoms with Gasteiger partial charge >= 0.3 is 5.97 Å². The summed E-state index contributed by atoms with van der Waals surface area (Å²) in [5.41, 5.74) is 1.89. The number of anilines is 1. The smallest absolute Gasteiger partial charge is 0.341 e. The predicted molar refractivity (Wildman–Crippen MR) is 143 cm³/mol. The normalized spacial score (nSPS) is 10.8. The number of nitrogens with one attached hydrogen (secondary N) is 1. The first-order valence-corrected chi connectivity index (χ1v) is 12.5. The zero-order valence-corrected chi connectivity index (χ0v) is 21.9. The summed E-state index contributed by atoms with van der Waals surface area (Å²) in [6.45, 7) is 4.36. The van der Waals surface area contributed by atoms with Crippen molar-refractivity contribution in [2.24, 2.45) is 0 Å². The van der Waals surface area contributed by atoms with Crippen molar-refractivity contribution in [1.29, 1.82) is 5.26 Å². The second kappa shape index (κ2) is 13.1. The molecule has 192 valence electrons. The van der Waals surface area contributed by atoms with E-state index in [1.165, 1.54) is 20.3 Å². The van der Waals surface area contributed by atoms with E-state index in [2.05, 4.69) is 5.32 Å². The van der Waals surface area contributed by atoms with Crippen LogP contribution in [-0.4, -0.2) is 39.3 Å². The third kappa shape index (κ3) is 6.48. The number of ether oxygens (including phenoxy) is 4. The second-order valence-electron chi connectivity index (χ2n) is 7.65. The van der Waals surface area contributed by atoms with Gasteiger partial charge < -0.3 is 24.3 Å². The number of methoxy groups -OCH3 is 2. The van der Waals surface area contributed by atoms with E-state index in [0.29, 0.717) is 40.5 Å². The van der Waals surface area contributed by atoms with Gasteiger partial charge in [0.2, 0.25) is 0 Å². The Morgan fingerprint density at radius 3 is 2.49 bits per heavy atom. The molecule has 1 heterocycles. The molecule has 0 fully saturated rings. The van der Waals surface area contributed by atoms with Gasteiger partial charge in [-0.1, -0.05) is 31.2 Å². The highest BCUT2D eigenvalue weighted by atomic mass is 32.1. The van der Waals surface area contributed by atoms with Crippen LogP contribution in [0.5, 0.6) is 17.2 Å². The van der Waals surface area contributed by atoms with Gasteiger partial charge in [0.15, 0.2) is 11.5 Å². The van der Waals surface area contributed by atoms with Gasteiger partial charge in [-0.05, 0) is 43.2 Å². The summed E-state index contributed by atoms with van der Waals surface area (Å²) in [6, 6.07) is 14.4. The van der Waals surface area contributed by atoms with Crippen molar-refractivity contribution in [3.63, 3.8) is 0 Å². The van der Waals surface area contributed by atoms with E-state index in [1.807, 2.05) is 19.1 Å². The summed E-state index contributed by atoms with van der Waals surface area (Å²) in [7, 11) is 3.06. The van der Waals surface area contributed by atoms with Gasteiger partial charge in [0.1, 0.15) is 28.0 Å². The number of carbonyl (C=O) groups excluding carboxylic acids is 2. The molecule has 2 aromatic carbocycles. The van der Waals surface area contributed by atoms with Crippen molar-refractivity contribution >= 4 is 34.3 Å². The van der Waals surface area contributed by atoms with Crippen molar-refractivity contribution in [3.8, 4) is 34.4 Å². The van der Waals surface area contributed by atoms with Gasteiger partial charge in [0, 0.05) is 16.5 Å². The minimum atomic E-state index is -0.654. The molecule has 0 saturated heterocycles. The molecule has 37 heavy (non-hydrogen) atoms. The van der Waals surface area contributed by atoms with Gasteiger partial charge in [-0.15, -0.1) is 11.3 Å². The van der Waals surface area contributed by atoms with E-state index < -0.39 is 11.9 Å². The highest BCUT2D eigenvalue weighted by molar-refractivity contribution is 7.15. The van der Waals surface area contributed by atoms with Crippen LogP contribution in [0.25, 0.3) is 17.2 Å². The summed E-state index contributed by atoms with van der Waals surface area (Å²) in [5.74, 6) is 0.359. The molecule has 0 spiro atoms. The van der Waals surface area contributed by atoms with Gasteiger partial charge in [-0.2, -0.15) is 5.26 Å². The molecule has 0 aliphatic heterocycles. The third-order valence-electron chi connectivity index (χ3n) is 5.24. The Kier molecular flexibility index (Phi) is 9.69. The van der Waals surface area contributed by atoms with Gasteiger partial charge in [-0.3, -0.25) is 4.79 Å². The molecule has 1 N–H and O–H groups in total. The molecule has 0 aliphatic rings. The molecule has 0 atom stereocenters. The Morgan fingerprint density at radius 1 is 1.05 bits per heavy atom. The Labute approximate surface area is 220 Å². The molecule has 3 rings (SSSR count). The van der Waals surface area contributed by atoms with Crippen molar-refractivity contribution in [1.82, 2.24) is 0 Å². The lowest BCUT2D eigenvalue weighted by molar-refractivity contribution is -0.112. The quantitative estimate of drug-likeness (QED) is 0.189. The monoisotopic (exact) mass is 520 g/mol. The number of nitrogens with zero attached hydrogens (tertiary/aromatic N) is 1. The summed E-state index contributed by atoms with van der Waals surface area (Å²) < 4.78 is 21.7. The summed E-state index contributed by atoms with van der Waals surface area (Å²) in [6.07, 6.45) is 2.29. The fraction of sp³-hybridized carbons (Fsp3) is 0.250. The molecule has 9 heteroatoms. The minimum Gasteiger partial charge on any atom is -0.493 e. The van der Waals surface area contributed by atoms with Crippen molar-refractivity contribution in [2.45, 2.75) is 20.3 Å². The number of hydrogen-bond donors (Lipinski definition) is 1. The SMILES string of the molecule is CCCOc1ccccc1/C=C(\C#N)C(=O)Nc1scc(-c2ccc(OC)c(OC)c2)c1C(=O)OCC. The predicted octanol–water partition coefficient (Wildman–Crippen LogP) is 5.94. The summed E-state index contributed by atoms with van der Waals surface area (Å²) in [4.78, 5) is 26.0. The van der Waals surface area contributed by atoms with Crippen LogP contribution in [0.3, 0.4) is 0 Å². The first-order valence-electron chi connectivity index (χ1n) is 11.6. The Hall–Kier alpha value is -4.29. The maximum absolute atomic E-state index is 13.1. The maximum Gasteiger partial charge on any atom is 0.341 e. The number of thiophene rings is 1. The first kappa shape index (κ1) is 27.3. The fourth-order valence-corrected chi connectivity index (χ4v) is 4.44. The Bertz CT molecular complexity index is 1340. The van der Waals surface area contributed by atoms with Crippen LogP contribution in [0.4, 0.5) is 5.00 Å². The van der Waals surface area contributed by atoms with E-state index in [0.717, 1.165) is 17.8 Å². The maximum atomic E-state index is 13.1. The zero-order chi connectivity index (χ0) is 26.8. The largest absolute Gasteiger partial charge is 0.493 e. The molecule has 8 nitrogen and oxygen atoms in total. The number of carbonyl (C=O) groups is 2. The van der Waals surface area contributed by atoms with E-state index >= 15 is 0 Å². The van der Waals surface area contributed by atoms with Crippen LogP contribution >= 0.6 is 11.3 Å². The molecule has 0 aliphatic carbocycles. The van der Waals surface area contributed by atoms with E-state index in [4.69, 9.17) is 18.9 Å². The minimum absolute atomic E-state index is 0.136. The second-order valence-corrected chi connectivity index (χ2v) is 8.53. The molecule has 0 radical (unpaired) electrons.